The van der Waals surface area contributed by atoms with Crippen molar-refractivity contribution in [3.8, 4) is 0 Å². The molecule has 1 aromatic carbocycles. The Bertz CT molecular complexity index is 599. The maximum Gasteiger partial charge on any atom is 0.410 e. The van der Waals surface area contributed by atoms with Crippen molar-refractivity contribution in [2.24, 2.45) is 11.8 Å². The molecule has 1 aliphatic heterocycles. The first-order chi connectivity index (χ1) is 12.6. The molecule has 1 aromatic rings. The molecule has 2 fully saturated rings. The first-order valence-electron chi connectivity index (χ1n) is 9.65. The third kappa shape index (κ3) is 4.97. The van der Waals surface area contributed by atoms with Crippen molar-refractivity contribution in [1.29, 1.82) is 0 Å². The molecule has 1 saturated carbocycles. The fourth-order valence-corrected chi connectivity index (χ4v) is 4.17. The first-order valence-corrected chi connectivity index (χ1v) is 9.65. The van der Waals surface area contributed by atoms with Crippen molar-refractivity contribution in [3.05, 3.63) is 35.9 Å². The van der Waals surface area contributed by atoms with Gasteiger partial charge in [0.1, 0.15) is 6.61 Å². The summed E-state index contributed by atoms with van der Waals surface area (Å²) in [4.78, 5) is 26.9. The molecule has 6 nitrogen and oxygen atoms in total. The molecule has 0 radical (unpaired) electrons. The number of amides is 1. The molecule has 2 N–H and O–H groups in total. The number of carbonyl (C=O) groups is 2. The lowest BCUT2D eigenvalue weighted by atomic mass is 9.79. The van der Waals surface area contributed by atoms with Crippen molar-refractivity contribution in [1.82, 2.24) is 4.90 Å². The minimum atomic E-state index is -0.641. The lowest BCUT2D eigenvalue weighted by Crippen LogP contribution is -3.15. The van der Waals surface area contributed by atoms with Gasteiger partial charge in [-0.25, -0.2) is 4.79 Å². The lowest BCUT2D eigenvalue weighted by Gasteiger charge is -2.36. The smallest absolute Gasteiger partial charge is 0.410 e. The minimum absolute atomic E-state index is 0.190. The van der Waals surface area contributed by atoms with Gasteiger partial charge in [-0.15, -0.1) is 0 Å². The molecule has 0 unspecified atom stereocenters. The molecule has 0 aromatic heterocycles. The predicted molar refractivity (Wildman–Crippen MR) is 96.8 cm³/mol. The van der Waals surface area contributed by atoms with Gasteiger partial charge in [-0.2, -0.15) is 0 Å². The van der Waals surface area contributed by atoms with Crippen LogP contribution in [0.25, 0.3) is 0 Å². The highest BCUT2D eigenvalue weighted by atomic mass is 16.6. The van der Waals surface area contributed by atoms with E-state index in [2.05, 4.69) is 0 Å². The number of quaternary nitrogens is 1. The number of benzene rings is 1. The Morgan fingerprint density at radius 1 is 1.12 bits per heavy atom. The van der Waals surface area contributed by atoms with E-state index in [0.29, 0.717) is 19.7 Å². The number of carboxylic acids is 1. The van der Waals surface area contributed by atoms with Gasteiger partial charge in [0.25, 0.3) is 0 Å². The Morgan fingerprint density at radius 2 is 1.81 bits per heavy atom. The van der Waals surface area contributed by atoms with Crippen LogP contribution in [-0.2, 0) is 16.1 Å². The Kier molecular flexibility index (Phi) is 6.50. The number of rotatable bonds is 5. The highest BCUT2D eigenvalue weighted by Crippen LogP contribution is 2.29. The van der Waals surface area contributed by atoms with Crippen molar-refractivity contribution in [2.75, 3.05) is 32.7 Å². The van der Waals surface area contributed by atoms with Crippen molar-refractivity contribution < 1.29 is 24.3 Å². The predicted octanol–water partition coefficient (Wildman–Crippen LogP) is 1.41. The van der Waals surface area contributed by atoms with Crippen LogP contribution in [0.5, 0.6) is 0 Å². The number of piperazine rings is 1. The maximum absolute atomic E-state index is 12.2. The standard InChI is InChI=1S/C20H28N2O4/c23-19(24)18-9-5-4-8-17(18)14-21-10-12-22(13-11-21)20(25)26-15-16-6-2-1-3-7-16/h1-3,6-7,17-18H,4-5,8-15H2,(H,23,24)/p+1/t17-,18+/m0/s1. The van der Waals surface area contributed by atoms with Crippen LogP contribution in [0.4, 0.5) is 4.79 Å². The highest BCUT2D eigenvalue weighted by Gasteiger charge is 2.35. The average Bonchev–Trinajstić information content (AvgIpc) is 2.68. The second-order valence-electron chi connectivity index (χ2n) is 7.47. The normalized spacial score (nSPS) is 24.2. The van der Waals surface area contributed by atoms with Gasteiger partial charge in [0, 0.05) is 5.92 Å². The zero-order valence-electron chi connectivity index (χ0n) is 15.2. The Morgan fingerprint density at radius 3 is 2.50 bits per heavy atom. The second kappa shape index (κ2) is 9.03. The number of nitrogens with zero attached hydrogens (tertiary/aromatic N) is 1. The van der Waals surface area contributed by atoms with Crippen molar-refractivity contribution in [2.45, 2.75) is 32.3 Å². The molecule has 2 aliphatic rings. The fraction of sp³-hybridized carbons (Fsp3) is 0.600. The van der Waals surface area contributed by atoms with Gasteiger partial charge in [-0.05, 0) is 18.4 Å². The van der Waals surface area contributed by atoms with Gasteiger partial charge in [-0.3, -0.25) is 9.69 Å². The Hall–Kier alpha value is -2.08. The number of carbonyl (C=O) groups excluding carboxylic acids is 1. The Balaban J connectivity index is 1.42. The first kappa shape index (κ1) is 18.7. The SMILES string of the molecule is O=C(O)[C@@H]1CCCC[C@H]1C[NH+]1CCN(C(=O)OCc2ccccc2)CC1. The molecule has 142 valence electrons. The molecular formula is C20H29N2O4+. The zero-order chi connectivity index (χ0) is 18.4. The maximum atomic E-state index is 12.2. The molecule has 2 atom stereocenters. The van der Waals surface area contributed by atoms with Crippen LogP contribution in [0.3, 0.4) is 0 Å². The molecule has 0 spiro atoms. The van der Waals surface area contributed by atoms with Crippen LogP contribution in [-0.4, -0.2) is 54.8 Å². The van der Waals surface area contributed by atoms with Crippen molar-refractivity contribution >= 4 is 12.1 Å². The lowest BCUT2D eigenvalue weighted by molar-refractivity contribution is -0.907. The van der Waals surface area contributed by atoms with Crippen LogP contribution in [0.2, 0.25) is 0 Å². The second-order valence-corrected chi connectivity index (χ2v) is 7.47. The third-order valence-electron chi connectivity index (χ3n) is 5.71. The van der Waals surface area contributed by atoms with E-state index < -0.39 is 5.97 Å². The summed E-state index contributed by atoms with van der Waals surface area (Å²) in [6, 6.07) is 9.69. The van der Waals surface area contributed by atoms with E-state index in [1.165, 1.54) is 4.90 Å². The summed E-state index contributed by atoms with van der Waals surface area (Å²) in [6.07, 6.45) is 3.74. The van der Waals surface area contributed by atoms with E-state index >= 15 is 0 Å². The van der Waals surface area contributed by atoms with Gasteiger partial charge in [0.05, 0.1) is 38.6 Å². The number of ether oxygens (including phenoxy) is 1. The summed E-state index contributed by atoms with van der Waals surface area (Å²) in [7, 11) is 0. The third-order valence-corrected chi connectivity index (χ3v) is 5.71. The monoisotopic (exact) mass is 361 g/mol. The zero-order valence-corrected chi connectivity index (χ0v) is 15.2. The molecule has 1 aliphatic carbocycles. The fourth-order valence-electron chi connectivity index (χ4n) is 4.17. The average molecular weight is 361 g/mol. The summed E-state index contributed by atoms with van der Waals surface area (Å²) < 4.78 is 5.40. The summed E-state index contributed by atoms with van der Waals surface area (Å²) in [5.41, 5.74) is 0.988. The minimum Gasteiger partial charge on any atom is -0.481 e. The van der Waals surface area contributed by atoms with E-state index in [0.717, 1.165) is 50.9 Å². The van der Waals surface area contributed by atoms with Crippen LogP contribution in [0, 0.1) is 11.8 Å². The number of aliphatic carboxylic acids is 1. The van der Waals surface area contributed by atoms with Crippen LogP contribution >= 0.6 is 0 Å². The topological polar surface area (TPSA) is 71.3 Å². The van der Waals surface area contributed by atoms with Crippen molar-refractivity contribution in [3.63, 3.8) is 0 Å². The van der Waals surface area contributed by atoms with Gasteiger partial charge >= 0.3 is 12.1 Å². The van der Waals surface area contributed by atoms with Gasteiger partial charge in [0.15, 0.2) is 0 Å². The van der Waals surface area contributed by atoms with E-state index in [1.54, 1.807) is 4.90 Å². The molecule has 6 heteroatoms. The van der Waals surface area contributed by atoms with Gasteiger partial charge in [-0.1, -0.05) is 43.2 Å². The quantitative estimate of drug-likeness (QED) is 0.832. The Labute approximate surface area is 154 Å². The molecule has 3 rings (SSSR count). The number of carboxylic acid groups (broad SMARTS) is 1. The van der Waals surface area contributed by atoms with Crippen LogP contribution < -0.4 is 4.90 Å². The molecule has 0 bridgehead atoms. The van der Waals surface area contributed by atoms with E-state index in [9.17, 15) is 14.7 Å². The molecule has 1 amide bonds. The number of hydrogen-bond acceptors (Lipinski definition) is 3. The molecular weight excluding hydrogens is 332 g/mol. The largest absolute Gasteiger partial charge is 0.481 e. The summed E-state index contributed by atoms with van der Waals surface area (Å²) in [6.45, 7) is 4.28. The summed E-state index contributed by atoms with van der Waals surface area (Å²) >= 11 is 0. The number of hydrogen-bond donors (Lipinski definition) is 2. The summed E-state index contributed by atoms with van der Waals surface area (Å²) in [5, 5.41) is 9.43. The van der Waals surface area contributed by atoms with E-state index in [1.807, 2.05) is 30.3 Å². The molecule has 1 heterocycles. The molecule has 26 heavy (non-hydrogen) atoms. The van der Waals surface area contributed by atoms with Crippen LogP contribution in [0.15, 0.2) is 30.3 Å². The van der Waals surface area contributed by atoms with Crippen LogP contribution in [0.1, 0.15) is 31.2 Å². The van der Waals surface area contributed by atoms with E-state index in [4.69, 9.17) is 4.74 Å². The van der Waals surface area contributed by atoms with Gasteiger partial charge in [0.2, 0.25) is 0 Å². The number of nitrogens with one attached hydrogen (secondary N) is 1. The summed E-state index contributed by atoms with van der Waals surface area (Å²) in [5.74, 6) is -0.560. The highest BCUT2D eigenvalue weighted by molar-refractivity contribution is 5.70. The molecule has 1 saturated heterocycles. The van der Waals surface area contributed by atoms with E-state index in [-0.39, 0.29) is 17.9 Å². The van der Waals surface area contributed by atoms with Gasteiger partial charge < -0.3 is 14.7 Å².